The van der Waals surface area contributed by atoms with Crippen molar-refractivity contribution in [2.24, 2.45) is 5.92 Å². The number of ether oxygens (including phenoxy) is 2. The van der Waals surface area contributed by atoms with Crippen LogP contribution < -0.4 is 10.1 Å². The maximum Gasteiger partial charge on any atom is 0.226 e. The lowest BCUT2D eigenvalue weighted by Crippen LogP contribution is -2.33. The van der Waals surface area contributed by atoms with E-state index < -0.39 is 0 Å². The monoisotopic (exact) mass is 530 g/mol. The fraction of sp³-hybridized carbons (Fsp3) is 0.367. The van der Waals surface area contributed by atoms with Gasteiger partial charge >= 0.3 is 0 Å². The Hall–Kier alpha value is -3.49. The standard InChI is InChI=1S/C30H34N4O3S/c1-30(2,3)34-28(22-8-7-11-25(16-22)37-24-9-5-4-6-10-24)26(19-32-34)29-33-23(20-38-29)17-27(35)31-18-21-12-14-36-15-13-21/h4-11,16,19-21H,12-15,17-18H2,1-3H3,(H,31,35). The minimum atomic E-state index is -0.242. The summed E-state index contributed by atoms with van der Waals surface area (Å²) in [6.07, 6.45) is 4.14. The summed E-state index contributed by atoms with van der Waals surface area (Å²) in [6, 6.07) is 17.8. The molecule has 0 aliphatic carbocycles. The molecule has 0 atom stereocenters. The lowest BCUT2D eigenvalue weighted by molar-refractivity contribution is -0.120. The highest BCUT2D eigenvalue weighted by Crippen LogP contribution is 2.38. The second kappa shape index (κ2) is 11.5. The van der Waals surface area contributed by atoms with Gasteiger partial charge in [0.2, 0.25) is 5.91 Å². The molecule has 7 nitrogen and oxygen atoms in total. The molecule has 8 heteroatoms. The van der Waals surface area contributed by atoms with Crippen molar-refractivity contribution in [1.82, 2.24) is 20.1 Å². The lowest BCUT2D eigenvalue weighted by atomic mass is 10.0. The zero-order valence-electron chi connectivity index (χ0n) is 22.1. The molecule has 5 rings (SSSR count). The van der Waals surface area contributed by atoms with E-state index in [0.29, 0.717) is 12.5 Å². The summed E-state index contributed by atoms with van der Waals surface area (Å²) >= 11 is 1.54. The van der Waals surface area contributed by atoms with Crippen molar-refractivity contribution < 1.29 is 14.3 Å². The Kier molecular flexibility index (Phi) is 7.90. The van der Waals surface area contributed by atoms with Gasteiger partial charge in [-0.05, 0) is 63.8 Å². The normalized spacial score (nSPS) is 14.4. The maximum atomic E-state index is 12.6. The largest absolute Gasteiger partial charge is 0.457 e. The van der Waals surface area contributed by atoms with Gasteiger partial charge in [-0.15, -0.1) is 11.3 Å². The smallest absolute Gasteiger partial charge is 0.226 e. The highest BCUT2D eigenvalue weighted by molar-refractivity contribution is 7.13. The molecule has 1 amide bonds. The van der Waals surface area contributed by atoms with E-state index in [2.05, 4.69) is 32.2 Å². The molecule has 1 aliphatic rings. The van der Waals surface area contributed by atoms with E-state index >= 15 is 0 Å². The van der Waals surface area contributed by atoms with Gasteiger partial charge < -0.3 is 14.8 Å². The Morgan fingerprint density at radius 1 is 1.11 bits per heavy atom. The molecule has 198 valence electrons. The highest BCUT2D eigenvalue weighted by atomic mass is 32.1. The van der Waals surface area contributed by atoms with Crippen LogP contribution in [0.15, 0.2) is 66.2 Å². The van der Waals surface area contributed by atoms with Crippen molar-refractivity contribution in [3.63, 3.8) is 0 Å². The first-order valence-electron chi connectivity index (χ1n) is 13.1. The number of hydrogen-bond acceptors (Lipinski definition) is 6. The fourth-order valence-electron chi connectivity index (χ4n) is 4.57. The van der Waals surface area contributed by atoms with Gasteiger partial charge in [-0.25, -0.2) is 4.98 Å². The topological polar surface area (TPSA) is 78.3 Å². The second-order valence-corrected chi connectivity index (χ2v) is 11.5. The van der Waals surface area contributed by atoms with Crippen LogP contribution in [0.4, 0.5) is 0 Å². The van der Waals surface area contributed by atoms with Gasteiger partial charge in [0.25, 0.3) is 0 Å². The average molecular weight is 531 g/mol. The lowest BCUT2D eigenvalue weighted by Gasteiger charge is -2.23. The zero-order valence-corrected chi connectivity index (χ0v) is 23.0. The first-order chi connectivity index (χ1) is 18.4. The maximum absolute atomic E-state index is 12.6. The molecule has 3 heterocycles. The molecule has 1 N–H and O–H groups in total. The Morgan fingerprint density at radius 2 is 1.87 bits per heavy atom. The SMILES string of the molecule is CC(C)(C)n1ncc(-c2nc(CC(=O)NCC3CCOCC3)cs2)c1-c1cccc(Oc2ccccc2)c1. The van der Waals surface area contributed by atoms with Crippen LogP contribution in [-0.2, 0) is 21.5 Å². The van der Waals surface area contributed by atoms with E-state index in [-0.39, 0.29) is 17.9 Å². The number of carbonyl (C=O) groups is 1. The van der Waals surface area contributed by atoms with Gasteiger partial charge in [0, 0.05) is 30.7 Å². The molecule has 0 bridgehead atoms. The molecule has 2 aromatic carbocycles. The molecule has 0 saturated carbocycles. The van der Waals surface area contributed by atoms with E-state index in [0.717, 1.165) is 65.1 Å². The first kappa shape index (κ1) is 26.1. The van der Waals surface area contributed by atoms with Crippen molar-refractivity contribution in [1.29, 1.82) is 0 Å². The number of rotatable bonds is 8. The molecule has 38 heavy (non-hydrogen) atoms. The molecule has 1 fully saturated rings. The van der Waals surface area contributed by atoms with Crippen LogP contribution in [0.25, 0.3) is 21.8 Å². The Bertz CT molecular complexity index is 1370. The van der Waals surface area contributed by atoms with E-state index in [4.69, 9.17) is 19.6 Å². The van der Waals surface area contributed by atoms with Gasteiger partial charge in [0.05, 0.1) is 35.1 Å². The van der Waals surface area contributed by atoms with Gasteiger partial charge in [-0.2, -0.15) is 5.10 Å². The minimum Gasteiger partial charge on any atom is -0.457 e. The molecule has 0 radical (unpaired) electrons. The fourth-order valence-corrected chi connectivity index (χ4v) is 5.40. The number of benzene rings is 2. The number of hydrogen-bond donors (Lipinski definition) is 1. The number of nitrogens with one attached hydrogen (secondary N) is 1. The van der Waals surface area contributed by atoms with Crippen molar-refractivity contribution >= 4 is 17.2 Å². The summed E-state index contributed by atoms with van der Waals surface area (Å²) in [6.45, 7) is 8.65. The molecule has 0 unspecified atom stereocenters. The highest BCUT2D eigenvalue weighted by Gasteiger charge is 2.25. The number of thiazole rings is 1. The van der Waals surface area contributed by atoms with Crippen molar-refractivity contribution in [3.05, 3.63) is 71.9 Å². The van der Waals surface area contributed by atoms with Gasteiger partial charge in [-0.3, -0.25) is 9.48 Å². The number of amides is 1. The third-order valence-electron chi connectivity index (χ3n) is 6.54. The van der Waals surface area contributed by atoms with Gasteiger partial charge in [0.15, 0.2) is 0 Å². The van der Waals surface area contributed by atoms with Crippen LogP contribution >= 0.6 is 11.3 Å². The van der Waals surface area contributed by atoms with Crippen LogP contribution in [0.1, 0.15) is 39.3 Å². The van der Waals surface area contributed by atoms with Crippen LogP contribution in [-0.4, -0.2) is 40.4 Å². The van der Waals surface area contributed by atoms with E-state index in [9.17, 15) is 4.79 Å². The van der Waals surface area contributed by atoms with Crippen molar-refractivity contribution in [2.75, 3.05) is 19.8 Å². The van der Waals surface area contributed by atoms with E-state index in [1.165, 1.54) is 11.3 Å². The summed E-state index contributed by atoms with van der Waals surface area (Å²) in [5.74, 6) is 2.03. The van der Waals surface area contributed by atoms with Crippen molar-refractivity contribution in [3.8, 4) is 33.3 Å². The summed E-state index contributed by atoms with van der Waals surface area (Å²) in [4.78, 5) is 17.4. The second-order valence-electron chi connectivity index (χ2n) is 10.6. The van der Waals surface area contributed by atoms with E-state index in [1.807, 2.05) is 64.8 Å². The summed E-state index contributed by atoms with van der Waals surface area (Å²) < 4.78 is 13.6. The van der Waals surface area contributed by atoms with Gasteiger partial charge in [0.1, 0.15) is 16.5 Å². The Labute approximate surface area is 227 Å². The Balaban J connectivity index is 1.37. The zero-order chi connectivity index (χ0) is 26.5. The number of para-hydroxylation sites is 1. The predicted octanol–water partition coefficient (Wildman–Crippen LogP) is 6.31. The van der Waals surface area contributed by atoms with Gasteiger partial charge in [-0.1, -0.05) is 30.3 Å². The molecule has 2 aromatic heterocycles. The third-order valence-corrected chi connectivity index (χ3v) is 7.47. The molecule has 0 spiro atoms. The molecular formula is C30H34N4O3S. The van der Waals surface area contributed by atoms with E-state index in [1.54, 1.807) is 0 Å². The molecular weight excluding hydrogens is 496 g/mol. The molecule has 4 aromatic rings. The summed E-state index contributed by atoms with van der Waals surface area (Å²) in [7, 11) is 0. The average Bonchev–Trinajstić information content (AvgIpc) is 3.56. The number of carbonyl (C=O) groups excluding carboxylic acids is 1. The van der Waals surface area contributed by atoms with Crippen LogP contribution in [0.3, 0.4) is 0 Å². The van der Waals surface area contributed by atoms with Crippen LogP contribution in [0.2, 0.25) is 0 Å². The third kappa shape index (κ3) is 6.31. The predicted molar refractivity (Wildman–Crippen MR) is 151 cm³/mol. The number of aromatic nitrogens is 3. The summed E-state index contributed by atoms with van der Waals surface area (Å²) in [5.41, 5.74) is 3.43. The minimum absolute atomic E-state index is 0.00436. The quantitative estimate of drug-likeness (QED) is 0.289. The van der Waals surface area contributed by atoms with Crippen LogP contribution in [0, 0.1) is 5.92 Å². The first-order valence-corrected chi connectivity index (χ1v) is 14.0. The summed E-state index contributed by atoms with van der Waals surface area (Å²) in [5, 5.41) is 10.6. The number of nitrogens with zero attached hydrogens (tertiary/aromatic N) is 3. The van der Waals surface area contributed by atoms with Crippen molar-refractivity contribution in [2.45, 2.75) is 45.6 Å². The molecule has 1 saturated heterocycles. The molecule has 1 aliphatic heterocycles. The van der Waals surface area contributed by atoms with Crippen LogP contribution in [0.5, 0.6) is 11.5 Å². The Morgan fingerprint density at radius 3 is 2.63 bits per heavy atom.